The Labute approximate surface area is 123 Å². The zero-order chi connectivity index (χ0) is 14.5. The smallest absolute Gasteiger partial charge is 0.0991 e. The van der Waals surface area contributed by atoms with E-state index >= 15 is 0 Å². The number of halogens is 1. The SMILES string of the molecule is CN(Cc1cccc(C#N)c1)c1c(Cl)cccc1CO. The fraction of sp³-hybridized carbons (Fsp3) is 0.188. The molecule has 2 rings (SSSR count). The van der Waals surface area contributed by atoms with Gasteiger partial charge >= 0.3 is 0 Å². The lowest BCUT2D eigenvalue weighted by Gasteiger charge is -2.23. The van der Waals surface area contributed by atoms with Crippen molar-refractivity contribution in [2.24, 2.45) is 0 Å². The number of benzene rings is 2. The fourth-order valence-corrected chi connectivity index (χ4v) is 2.55. The van der Waals surface area contributed by atoms with E-state index in [1.807, 2.05) is 42.3 Å². The summed E-state index contributed by atoms with van der Waals surface area (Å²) in [6.45, 7) is 0.560. The molecule has 0 aliphatic rings. The Balaban J connectivity index is 2.28. The summed E-state index contributed by atoms with van der Waals surface area (Å²) < 4.78 is 0. The summed E-state index contributed by atoms with van der Waals surface area (Å²) in [5.41, 5.74) is 3.27. The van der Waals surface area contributed by atoms with Gasteiger partial charge in [-0.15, -0.1) is 0 Å². The van der Waals surface area contributed by atoms with Crippen molar-refractivity contribution in [3.8, 4) is 6.07 Å². The summed E-state index contributed by atoms with van der Waals surface area (Å²) in [5.74, 6) is 0. The molecule has 0 amide bonds. The molecule has 102 valence electrons. The lowest BCUT2D eigenvalue weighted by Crippen LogP contribution is -2.18. The Hall–Kier alpha value is -2.02. The number of anilines is 1. The number of para-hydroxylation sites is 1. The molecular formula is C16H15ClN2O. The van der Waals surface area contributed by atoms with Crippen molar-refractivity contribution in [3.63, 3.8) is 0 Å². The maximum absolute atomic E-state index is 9.41. The van der Waals surface area contributed by atoms with E-state index in [0.717, 1.165) is 16.8 Å². The molecule has 0 heterocycles. The monoisotopic (exact) mass is 286 g/mol. The minimum atomic E-state index is -0.0571. The van der Waals surface area contributed by atoms with Gasteiger partial charge in [0.1, 0.15) is 0 Å². The van der Waals surface area contributed by atoms with Crippen LogP contribution in [-0.4, -0.2) is 12.2 Å². The van der Waals surface area contributed by atoms with E-state index in [1.54, 1.807) is 12.1 Å². The van der Waals surface area contributed by atoms with Crippen LogP contribution in [0, 0.1) is 11.3 Å². The van der Waals surface area contributed by atoms with Crippen LogP contribution in [0.3, 0.4) is 0 Å². The number of nitriles is 1. The molecule has 0 radical (unpaired) electrons. The zero-order valence-electron chi connectivity index (χ0n) is 11.2. The molecule has 1 N–H and O–H groups in total. The number of nitrogens with zero attached hydrogens (tertiary/aromatic N) is 2. The third-order valence-corrected chi connectivity index (χ3v) is 3.40. The Morgan fingerprint density at radius 2 is 2.00 bits per heavy atom. The Morgan fingerprint density at radius 1 is 1.25 bits per heavy atom. The molecule has 2 aromatic carbocycles. The van der Waals surface area contributed by atoms with Crippen LogP contribution in [0.2, 0.25) is 5.02 Å². The molecule has 0 bridgehead atoms. The minimum Gasteiger partial charge on any atom is -0.392 e. The van der Waals surface area contributed by atoms with Crippen LogP contribution in [0.4, 0.5) is 5.69 Å². The third kappa shape index (κ3) is 3.11. The van der Waals surface area contributed by atoms with Gasteiger partial charge in [0.2, 0.25) is 0 Å². The van der Waals surface area contributed by atoms with E-state index in [-0.39, 0.29) is 6.61 Å². The lowest BCUT2D eigenvalue weighted by atomic mass is 10.1. The van der Waals surface area contributed by atoms with Gasteiger partial charge in [-0.25, -0.2) is 0 Å². The molecular weight excluding hydrogens is 272 g/mol. The molecule has 3 nitrogen and oxygen atoms in total. The van der Waals surface area contributed by atoms with Gasteiger partial charge in [0.15, 0.2) is 0 Å². The first kappa shape index (κ1) is 14.4. The van der Waals surface area contributed by atoms with E-state index in [2.05, 4.69) is 6.07 Å². The highest BCUT2D eigenvalue weighted by molar-refractivity contribution is 6.33. The molecule has 0 aliphatic heterocycles. The van der Waals surface area contributed by atoms with Crippen molar-refractivity contribution in [2.45, 2.75) is 13.2 Å². The maximum atomic E-state index is 9.41. The number of hydrogen-bond acceptors (Lipinski definition) is 3. The van der Waals surface area contributed by atoms with Crippen molar-refractivity contribution in [1.29, 1.82) is 5.26 Å². The highest BCUT2D eigenvalue weighted by Gasteiger charge is 2.11. The fourth-order valence-electron chi connectivity index (χ4n) is 2.21. The molecule has 0 aromatic heterocycles. The Kier molecular flexibility index (Phi) is 4.62. The van der Waals surface area contributed by atoms with Gasteiger partial charge in [0.25, 0.3) is 0 Å². The molecule has 2 aromatic rings. The van der Waals surface area contributed by atoms with Crippen LogP contribution in [-0.2, 0) is 13.2 Å². The summed E-state index contributed by atoms with van der Waals surface area (Å²) >= 11 is 6.22. The van der Waals surface area contributed by atoms with Gasteiger partial charge < -0.3 is 10.0 Å². The molecule has 20 heavy (non-hydrogen) atoms. The van der Waals surface area contributed by atoms with Crippen LogP contribution in [0.25, 0.3) is 0 Å². The molecule has 4 heteroatoms. The van der Waals surface area contributed by atoms with Crippen molar-refractivity contribution < 1.29 is 5.11 Å². The van der Waals surface area contributed by atoms with Crippen LogP contribution in [0.15, 0.2) is 42.5 Å². The summed E-state index contributed by atoms with van der Waals surface area (Å²) in [6.07, 6.45) is 0. The molecule has 0 unspecified atom stereocenters. The summed E-state index contributed by atoms with van der Waals surface area (Å²) in [4.78, 5) is 1.98. The van der Waals surface area contributed by atoms with Gasteiger partial charge in [-0.05, 0) is 23.8 Å². The Bertz CT molecular complexity index is 649. The van der Waals surface area contributed by atoms with Crippen LogP contribution < -0.4 is 4.90 Å². The highest BCUT2D eigenvalue weighted by atomic mass is 35.5. The predicted molar refractivity (Wildman–Crippen MR) is 80.6 cm³/mol. The molecule has 0 aliphatic carbocycles. The van der Waals surface area contributed by atoms with E-state index in [9.17, 15) is 5.11 Å². The first-order chi connectivity index (χ1) is 9.65. The number of aliphatic hydroxyl groups is 1. The zero-order valence-corrected chi connectivity index (χ0v) is 11.9. The third-order valence-electron chi connectivity index (χ3n) is 3.10. The molecule has 0 spiro atoms. The summed E-state index contributed by atoms with van der Waals surface area (Å²) in [6, 6.07) is 15.1. The quantitative estimate of drug-likeness (QED) is 0.938. The van der Waals surface area contributed by atoms with E-state index in [0.29, 0.717) is 17.1 Å². The number of hydrogen-bond donors (Lipinski definition) is 1. The van der Waals surface area contributed by atoms with Gasteiger partial charge in [0.05, 0.1) is 28.9 Å². The first-order valence-corrected chi connectivity index (χ1v) is 6.62. The van der Waals surface area contributed by atoms with Crippen LogP contribution in [0.5, 0.6) is 0 Å². The van der Waals surface area contributed by atoms with Crippen molar-refractivity contribution in [2.75, 3.05) is 11.9 Å². The van der Waals surface area contributed by atoms with Gasteiger partial charge in [0, 0.05) is 19.2 Å². The number of rotatable bonds is 4. The first-order valence-electron chi connectivity index (χ1n) is 6.24. The highest BCUT2D eigenvalue weighted by Crippen LogP contribution is 2.30. The maximum Gasteiger partial charge on any atom is 0.0991 e. The summed E-state index contributed by atoms with van der Waals surface area (Å²) in [5, 5.41) is 18.9. The minimum absolute atomic E-state index is 0.0571. The second kappa shape index (κ2) is 6.42. The summed E-state index contributed by atoms with van der Waals surface area (Å²) in [7, 11) is 1.92. The van der Waals surface area contributed by atoms with E-state index in [4.69, 9.17) is 16.9 Å². The predicted octanol–water partition coefficient (Wildman–Crippen LogP) is 3.34. The van der Waals surface area contributed by atoms with E-state index in [1.165, 1.54) is 0 Å². The van der Waals surface area contributed by atoms with Gasteiger partial charge in [-0.3, -0.25) is 0 Å². The Morgan fingerprint density at radius 3 is 2.70 bits per heavy atom. The van der Waals surface area contributed by atoms with E-state index < -0.39 is 0 Å². The second-order valence-electron chi connectivity index (χ2n) is 4.57. The van der Waals surface area contributed by atoms with Gasteiger partial charge in [-0.1, -0.05) is 35.9 Å². The molecule has 0 saturated heterocycles. The topological polar surface area (TPSA) is 47.3 Å². The largest absolute Gasteiger partial charge is 0.392 e. The molecule has 0 fully saturated rings. The standard InChI is InChI=1S/C16H15ClN2O/c1-19(10-13-5-2-4-12(8-13)9-18)16-14(11-20)6-3-7-15(16)17/h2-8,20H,10-11H2,1H3. The van der Waals surface area contributed by atoms with Crippen molar-refractivity contribution in [3.05, 3.63) is 64.2 Å². The van der Waals surface area contributed by atoms with Crippen molar-refractivity contribution >= 4 is 17.3 Å². The second-order valence-corrected chi connectivity index (χ2v) is 4.98. The lowest BCUT2D eigenvalue weighted by molar-refractivity contribution is 0.282. The molecule has 0 saturated carbocycles. The molecule has 0 atom stereocenters. The normalized spacial score (nSPS) is 10.1. The number of aliphatic hydroxyl groups excluding tert-OH is 1. The van der Waals surface area contributed by atoms with Crippen molar-refractivity contribution in [1.82, 2.24) is 0 Å². The average Bonchev–Trinajstić information content (AvgIpc) is 2.46. The van der Waals surface area contributed by atoms with Crippen LogP contribution in [0.1, 0.15) is 16.7 Å². The van der Waals surface area contributed by atoms with Gasteiger partial charge in [-0.2, -0.15) is 5.26 Å². The van der Waals surface area contributed by atoms with Crippen LogP contribution >= 0.6 is 11.6 Å². The average molecular weight is 287 g/mol.